The van der Waals surface area contributed by atoms with Gasteiger partial charge in [-0.15, -0.1) is 0 Å². The minimum Gasteiger partial charge on any atom is -0.481 e. The number of carbonyl (C=O) groups is 1. The van der Waals surface area contributed by atoms with Gasteiger partial charge < -0.3 is 10.4 Å². The zero-order valence-corrected chi connectivity index (χ0v) is 10.2. The predicted octanol–water partition coefficient (Wildman–Crippen LogP) is -0.668. The smallest absolute Gasteiger partial charge is 0.304 e. The van der Waals surface area contributed by atoms with Crippen molar-refractivity contribution in [1.82, 2.24) is 9.62 Å². The SMILES string of the molecule is CNCC1CCN(S(=O)(=O)CCC(=O)O)C1. The topological polar surface area (TPSA) is 86.7 Å². The van der Waals surface area contributed by atoms with Crippen molar-refractivity contribution in [3.8, 4) is 0 Å². The van der Waals surface area contributed by atoms with Gasteiger partial charge in [0.1, 0.15) is 0 Å². The summed E-state index contributed by atoms with van der Waals surface area (Å²) in [5, 5.41) is 11.5. The van der Waals surface area contributed by atoms with Crippen LogP contribution >= 0.6 is 0 Å². The quantitative estimate of drug-likeness (QED) is 0.653. The Morgan fingerprint density at radius 1 is 1.56 bits per heavy atom. The molecule has 0 aromatic heterocycles. The van der Waals surface area contributed by atoms with E-state index in [1.54, 1.807) is 0 Å². The van der Waals surface area contributed by atoms with Gasteiger partial charge in [-0.05, 0) is 25.9 Å². The lowest BCUT2D eigenvalue weighted by Gasteiger charge is -2.15. The molecule has 0 saturated carbocycles. The molecule has 1 aliphatic rings. The molecule has 0 aromatic carbocycles. The van der Waals surface area contributed by atoms with Crippen LogP contribution in [0.1, 0.15) is 12.8 Å². The first-order valence-corrected chi connectivity index (χ1v) is 6.91. The van der Waals surface area contributed by atoms with Gasteiger partial charge in [-0.25, -0.2) is 12.7 Å². The highest BCUT2D eigenvalue weighted by molar-refractivity contribution is 7.89. The van der Waals surface area contributed by atoms with Crippen LogP contribution in [-0.2, 0) is 14.8 Å². The lowest BCUT2D eigenvalue weighted by atomic mass is 10.1. The molecule has 1 fully saturated rings. The van der Waals surface area contributed by atoms with Crippen LogP contribution in [0.3, 0.4) is 0 Å². The van der Waals surface area contributed by atoms with Crippen molar-refractivity contribution in [1.29, 1.82) is 0 Å². The molecule has 0 aliphatic carbocycles. The number of carboxylic acids is 1. The Bertz CT molecular complexity index is 341. The summed E-state index contributed by atoms with van der Waals surface area (Å²) in [6, 6.07) is 0. The minimum absolute atomic E-state index is 0.297. The molecule has 0 radical (unpaired) electrons. The maximum absolute atomic E-state index is 11.7. The van der Waals surface area contributed by atoms with Crippen LogP contribution < -0.4 is 5.32 Å². The van der Waals surface area contributed by atoms with Gasteiger partial charge in [-0.1, -0.05) is 0 Å². The zero-order chi connectivity index (χ0) is 12.2. The second-order valence-corrected chi connectivity index (χ2v) is 6.12. The molecule has 0 bridgehead atoms. The molecular weight excluding hydrogens is 232 g/mol. The van der Waals surface area contributed by atoms with Crippen LogP contribution in [0.25, 0.3) is 0 Å². The molecule has 0 amide bonds. The van der Waals surface area contributed by atoms with E-state index in [9.17, 15) is 13.2 Å². The van der Waals surface area contributed by atoms with Gasteiger partial charge in [-0.3, -0.25) is 4.79 Å². The molecule has 7 heteroatoms. The lowest BCUT2D eigenvalue weighted by molar-refractivity contribution is -0.136. The Kier molecular flexibility index (Phi) is 4.69. The Morgan fingerprint density at radius 3 is 2.81 bits per heavy atom. The highest BCUT2D eigenvalue weighted by Crippen LogP contribution is 2.19. The summed E-state index contributed by atoms with van der Waals surface area (Å²) in [6.45, 7) is 1.81. The Hall–Kier alpha value is -0.660. The Balaban J connectivity index is 2.48. The third-order valence-corrected chi connectivity index (χ3v) is 4.55. The first kappa shape index (κ1) is 13.4. The zero-order valence-electron chi connectivity index (χ0n) is 9.35. The van der Waals surface area contributed by atoms with Crippen LogP contribution in [0.2, 0.25) is 0 Å². The molecule has 1 saturated heterocycles. The number of carboxylic acid groups (broad SMARTS) is 1. The van der Waals surface area contributed by atoms with E-state index >= 15 is 0 Å². The molecular formula is C9H18N2O4S. The van der Waals surface area contributed by atoms with E-state index in [1.807, 2.05) is 7.05 Å². The number of hydrogen-bond donors (Lipinski definition) is 2. The summed E-state index contributed by atoms with van der Waals surface area (Å²) in [5.41, 5.74) is 0. The number of hydrogen-bond acceptors (Lipinski definition) is 4. The third-order valence-electron chi connectivity index (χ3n) is 2.71. The lowest BCUT2D eigenvalue weighted by Crippen LogP contribution is -2.32. The molecule has 94 valence electrons. The van der Waals surface area contributed by atoms with Crippen molar-refractivity contribution < 1.29 is 18.3 Å². The Labute approximate surface area is 95.7 Å². The number of aliphatic carboxylic acids is 1. The molecule has 1 unspecified atom stereocenters. The summed E-state index contributed by atoms with van der Waals surface area (Å²) in [6.07, 6.45) is 0.517. The number of nitrogens with one attached hydrogen (secondary N) is 1. The maximum Gasteiger partial charge on any atom is 0.304 e. The van der Waals surface area contributed by atoms with Crippen molar-refractivity contribution in [3.05, 3.63) is 0 Å². The summed E-state index contributed by atoms with van der Waals surface area (Å²) in [5.74, 6) is -1.03. The molecule has 1 atom stereocenters. The standard InChI is InChI=1S/C9H18N2O4S/c1-10-6-8-2-4-11(7-8)16(14,15)5-3-9(12)13/h8,10H,2-7H2,1H3,(H,12,13). The van der Waals surface area contributed by atoms with Gasteiger partial charge in [0.25, 0.3) is 0 Å². The van der Waals surface area contributed by atoms with Crippen LogP contribution in [0.5, 0.6) is 0 Å². The van der Waals surface area contributed by atoms with Crippen LogP contribution in [0.15, 0.2) is 0 Å². The van der Waals surface area contributed by atoms with E-state index in [0.29, 0.717) is 19.0 Å². The molecule has 1 heterocycles. The molecule has 0 spiro atoms. The molecule has 6 nitrogen and oxygen atoms in total. The van der Waals surface area contributed by atoms with Crippen molar-refractivity contribution in [2.24, 2.45) is 5.92 Å². The summed E-state index contributed by atoms with van der Waals surface area (Å²) in [4.78, 5) is 10.3. The number of rotatable bonds is 6. The summed E-state index contributed by atoms with van der Waals surface area (Å²) >= 11 is 0. The van der Waals surface area contributed by atoms with Gasteiger partial charge in [0.05, 0.1) is 12.2 Å². The highest BCUT2D eigenvalue weighted by atomic mass is 32.2. The average molecular weight is 250 g/mol. The van der Waals surface area contributed by atoms with Crippen molar-refractivity contribution in [2.45, 2.75) is 12.8 Å². The van der Waals surface area contributed by atoms with E-state index < -0.39 is 16.0 Å². The second kappa shape index (κ2) is 5.60. The maximum atomic E-state index is 11.7. The van der Waals surface area contributed by atoms with E-state index in [1.165, 1.54) is 4.31 Å². The van der Waals surface area contributed by atoms with Crippen LogP contribution in [0.4, 0.5) is 0 Å². The van der Waals surface area contributed by atoms with Crippen molar-refractivity contribution >= 4 is 16.0 Å². The summed E-state index contributed by atoms with van der Waals surface area (Å²) in [7, 11) is -1.55. The van der Waals surface area contributed by atoms with Gasteiger partial charge >= 0.3 is 5.97 Å². The van der Waals surface area contributed by atoms with Crippen LogP contribution in [-0.4, -0.2) is 56.2 Å². The summed E-state index contributed by atoms with van der Waals surface area (Å²) < 4.78 is 24.9. The van der Waals surface area contributed by atoms with E-state index in [2.05, 4.69) is 5.32 Å². The number of nitrogens with zero attached hydrogens (tertiary/aromatic N) is 1. The minimum atomic E-state index is -3.38. The molecule has 1 rings (SSSR count). The van der Waals surface area contributed by atoms with Gasteiger partial charge in [0.15, 0.2) is 0 Å². The molecule has 16 heavy (non-hydrogen) atoms. The largest absolute Gasteiger partial charge is 0.481 e. The van der Waals surface area contributed by atoms with E-state index in [-0.39, 0.29) is 12.2 Å². The van der Waals surface area contributed by atoms with Crippen molar-refractivity contribution in [2.75, 3.05) is 32.4 Å². The fraction of sp³-hybridized carbons (Fsp3) is 0.889. The van der Waals surface area contributed by atoms with E-state index in [4.69, 9.17) is 5.11 Å². The highest BCUT2D eigenvalue weighted by Gasteiger charge is 2.30. The van der Waals surface area contributed by atoms with Gasteiger partial charge in [0.2, 0.25) is 10.0 Å². The fourth-order valence-corrected chi connectivity index (χ4v) is 3.36. The molecule has 2 N–H and O–H groups in total. The molecule has 1 aliphatic heterocycles. The fourth-order valence-electron chi connectivity index (χ4n) is 1.85. The predicted molar refractivity (Wildman–Crippen MR) is 59.6 cm³/mol. The second-order valence-electron chi connectivity index (χ2n) is 4.03. The van der Waals surface area contributed by atoms with Gasteiger partial charge in [0, 0.05) is 13.1 Å². The third kappa shape index (κ3) is 3.73. The van der Waals surface area contributed by atoms with Gasteiger partial charge in [-0.2, -0.15) is 0 Å². The number of sulfonamides is 1. The molecule has 0 aromatic rings. The van der Waals surface area contributed by atoms with E-state index in [0.717, 1.165) is 13.0 Å². The monoisotopic (exact) mass is 250 g/mol. The first-order chi connectivity index (χ1) is 7.45. The average Bonchev–Trinajstić information content (AvgIpc) is 2.65. The first-order valence-electron chi connectivity index (χ1n) is 5.30. The van der Waals surface area contributed by atoms with Crippen LogP contribution in [0, 0.1) is 5.92 Å². The normalized spacial score (nSPS) is 22.4. The Morgan fingerprint density at radius 2 is 2.25 bits per heavy atom. The van der Waals surface area contributed by atoms with Crippen molar-refractivity contribution in [3.63, 3.8) is 0 Å².